The number of benzene rings is 1. The number of fused-ring (bicyclic) bond motifs is 2. The highest BCUT2D eigenvalue weighted by atomic mass is 32.1. The van der Waals surface area contributed by atoms with Gasteiger partial charge in [-0.2, -0.15) is 4.98 Å². The van der Waals surface area contributed by atoms with Crippen LogP contribution < -0.4 is 15.0 Å². The van der Waals surface area contributed by atoms with E-state index >= 15 is 0 Å². The number of hydrogen-bond donors (Lipinski definition) is 1. The maximum absolute atomic E-state index is 6.04. The Labute approximate surface area is 174 Å². The first-order chi connectivity index (χ1) is 14.0. The van der Waals surface area contributed by atoms with Crippen LogP contribution in [0.5, 0.6) is 5.88 Å². The molecule has 1 saturated heterocycles. The van der Waals surface area contributed by atoms with Gasteiger partial charge in [-0.15, -0.1) is 11.3 Å². The van der Waals surface area contributed by atoms with Gasteiger partial charge < -0.3 is 15.0 Å². The Balaban J connectivity index is 1.27. The Bertz CT molecular complexity index is 1030. The highest BCUT2D eigenvalue weighted by Crippen LogP contribution is 2.32. The third-order valence-corrected chi connectivity index (χ3v) is 6.61. The number of hydrogen-bond acceptors (Lipinski definition) is 8. The van der Waals surface area contributed by atoms with E-state index < -0.39 is 0 Å². The molecular weight excluding hydrogens is 384 g/mol. The third-order valence-electron chi connectivity index (χ3n) is 5.80. The minimum Gasteiger partial charge on any atom is -0.468 e. The van der Waals surface area contributed by atoms with Crippen LogP contribution in [0.25, 0.3) is 10.2 Å². The molecule has 0 saturated carbocycles. The van der Waals surface area contributed by atoms with Crippen LogP contribution in [0.1, 0.15) is 32.4 Å². The molecule has 1 aromatic carbocycles. The molecule has 0 spiro atoms. The van der Waals surface area contributed by atoms with Gasteiger partial charge >= 0.3 is 0 Å². The van der Waals surface area contributed by atoms with Gasteiger partial charge in [-0.3, -0.25) is 4.90 Å². The summed E-state index contributed by atoms with van der Waals surface area (Å²) in [5.41, 5.74) is 4.94. The fourth-order valence-electron chi connectivity index (χ4n) is 3.97. The molecule has 29 heavy (non-hydrogen) atoms. The Morgan fingerprint density at radius 2 is 2.00 bits per heavy atom. The fourth-order valence-corrected chi connectivity index (χ4v) is 4.63. The van der Waals surface area contributed by atoms with Crippen LogP contribution in [0.2, 0.25) is 0 Å². The molecule has 1 N–H and O–H groups in total. The van der Waals surface area contributed by atoms with Crippen LogP contribution in [0.3, 0.4) is 0 Å². The van der Waals surface area contributed by atoms with Crippen molar-refractivity contribution in [3.05, 3.63) is 35.5 Å². The summed E-state index contributed by atoms with van der Waals surface area (Å²) in [6.45, 7) is 10.9. The number of nitrogens with zero attached hydrogens (tertiary/aromatic N) is 5. The second-order valence-corrected chi connectivity index (χ2v) is 9.27. The van der Waals surface area contributed by atoms with Crippen molar-refractivity contribution in [2.75, 3.05) is 42.9 Å². The van der Waals surface area contributed by atoms with Crippen LogP contribution in [-0.2, 0) is 0 Å². The molecule has 3 aromatic rings. The van der Waals surface area contributed by atoms with E-state index in [1.807, 2.05) is 11.7 Å². The molecule has 0 aliphatic carbocycles. The topological polar surface area (TPSA) is 66.4 Å². The van der Waals surface area contributed by atoms with Crippen molar-refractivity contribution in [2.24, 2.45) is 0 Å². The van der Waals surface area contributed by atoms with Gasteiger partial charge in [0, 0.05) is 32.2 Å². The average Bonchev–Trinajstić information content (AvgIpc) is 3.20. The van der Waals surface area contributed by atoms with E-state index in [-0.39, 0.29) is 5.60 Å². The summed E-state index contributed by atoms with van der Waals surface area (Å²) in [6.07, 6.45) is 1.84. The molecule has 5 rings (SSSR count). The van der Waals surface area contributed by atoms with Gasteiger partial charge in [-0.05, 0) is 38.5 Å². The van der Waals surface area contributed by atoms with Crippen LogP contribution >= 0.6 is 11.3 Å². The summed E-state index contributed by atoms with van der Waals surface area (Å²) >= 11 is 1.69. The lowest BCUT2D eigenvalue weighted by Crippen LogP contribution is -2.48. The first-order valence-electron chi connectivity index (χ1n) is 10.1. The fraction of sp³-hybridized carbons (Fsp3) is 0.476. The quantitative estimate of drug-likeness (QED) is 0.708. The molecule has 1 atom stereocenters. The number of anilines is 2. The predicted octanol–water partition coefficient (Wildman–Crippen LogP) is 3.55. The van der Waals surface area contributed by atoms with E-state index in [1.165, 1.54) is 10.3 Å². The standard InChI is InChI=1S/C21H26N6OS/c1-14(15-4-5-18-16(10-15)24-13-29-18)26-6-8-27(9-7-26)20-22-11-17-19(25-20)28-21(2,3)12-23-17/h4-5,10-11,13-14,23H,6-9,12H2,1-3H3. The van der Waals surface area contributed by atoms with Crippen LogP contribution in [0, 0.1) is 0 Å². The summed E-state index contributed by atoms with van der Waals surface area (Å²) in [5.74, 6) is 1.40. The van der Waals surface area contributed by atoms with Crippen molar-refractivity contribution >= 4 is 33.2 Å². The van der Waals surface area contributed by atoms with Crippen LogP contribution in [0.4, 0.5) is 11.6 Å². The normalized spacial score (nSPS) is 20.0. The summed E-state index contributed by atoms with van der Waals surface area (Å²) in [7, 11) is 0. The van der Waals surface area contributed by atoms with Crippen molar-refractivity contribution in [3.63, 3.8) is 0 Å². The Hall–Kier alpha value is -2.45. The van der Waals surface area contributed by atoms with Gasteiger partial charge in [0.2, 0.25) is 11.8 Å². The monoisotopic (exact) mass is 410 g/mol. The third kappa shape index (κ3) is 3.62. The molecule has 2 aliphatic heterocycles. The zero-order valence-electron chi connectivity index (χ0n) is 17.1. The molecule has 2 aromatic heterocycles. The van der Waals surface area contributed by atoms with E-state index in [2.05, 4.69) is 64.1 Å². The van der Waals surface area contributed by atoms with Gasteiger partial charge in [0.15, 0.2) is 0 Å². The van der Waals surface area contributed by atoms with Crippen LogP contribution in [-0.4, -0.2) is 58.2 Å². The summed E-state index contributed by atoms with van der Waals surface area (Å²) in [5, 5.41) is 3.35. The Kier molecular flexibility index (Phi) is 4.55. The lowest BCUT2D eigenvalue weighted by molar-refractivity contribution is 0.109. The van der Waals surface area contributed by atoms with Gasteiger partial charge in [0.05, 0.1) is 28.5 Å². The van der Waals surface area contributed by atoms with Crippen molar-refractivity contribution in [1.82, 2.24) is 19.9 Å². The average molecular weight is 411 g/mol. The molecule has 0 bridgehead atoms. The number of thiazole rings is 1. The lowest BCUT2D eigenvalue weighted by Gasteiger charge is -2.38. The lowest BCUT2D eigenvalue weighted by atomic mass is 10.1. The Morgan fingerprint density at radius 1 is 1.17 bits per heavy atom. The first kappa shape index (κ1) is 18.6. The highest BCUT2D eigenvalue weighted by molar-refractivity contribution is 7.16. The van der Waals surface area contributed by atoms with Crippen molar-refractivity contribution in [3.8, 4) is 5.88 Å². The number of ether oxygens (including phenoxy) is 1. The van der Waals surface area contributed by atoms with E-state index in [9.17, 15) is 0 Å². The maximum Gasteiger partial charge on any atom is 0.242 e. The van der Waals surface area contributed by atoms with E-state index in [4.69, 9.17) is 9.72 Å². The van der Waals surface area contributed by atoms with Gasteiger partial charge in [-0.25, -0.2) is 9.97 Å². The number of nitrogens with one attached hydrogen (secondary N) is 1. The summed E-state index contributed by atoms with van der Waals surface area (Å²) < 4.78 is 7.29. The first-order valence-corrected chi connectivity index (χ1v) is 11.0. The number of rotatable bonds is 3. The molecule has 7 nitrogen and oxygen atoms in total. The number of piperazine rings is 1. The predicted molar refractivity (Wildman–Crippen MR) is 117 cm³/mol. The molecule has 2 aliphatic rings. The zero-order valence-corrected chi connectivity index (χ0v) is 17.9. The molecule has 1 fully saturated rings. The zero-order chi connectivity index (χ0) is 20.0. The second kappa shape index (κ2) is 7.11. The van der Waals surface area contributed by atoms with Crippen LogP contribution in [0.15, 0.2) is 29.9 Å². The van der Waals surface area contributed by atoms with E-state index in [0.717, 1.165) is 49.9 Å². The molecular formula is C21H26N6OS. The van der Waals surface area contributed by atoms with Crippen molar-refractivity contribution in [1.29, 1.82) is 0 Å². The van der Waals surface area contributed by atoms with E-state index in [0.29, 0.717) is 11.9 Å². The van der Waals surface area contributed by atoms with Crippen molar-refractivity contribution in [2.45, 2.75) is 32.4 Å². The second-order valence-electron chi connectivity index (χ2n) is 8.38. The molecule has 152 valence electrons. The SMILES string of the molecule is CC(c1ccc2scnc2c1)N1CCN(c2ncc3c(n2)OC(C)(C)CN3)CC1. The largest absolute Gasteiger partial charge is 0.468 e. The van der Waals surface area contributed by atoms with Crippen molar-refractivity contribution < 1.29 is 4.74 Å². The highest BCUT2D eigenvalue weighted by Gasteiger charge is 2.29. The molecule has 8 heteroatoms. The molecule has 1 unspecified atom stereocenters. The minimum absolute atomic E-state index is 0.259. The summed E-state index contributed by atoms with van der Waals surface area (Å²) in [4.78, 5) is 18.5. The van der Waals surface area contributed by atoms with Gasteiger partial charge in [0.1, 0.15) is 11.3 Å². The minimum atomic E-state index is -0.259. The maximum atomic E-state index is 6.04. The number of aromatic nitrogens is 3. The summed E-state index contributed by atoms with van der Waals surface area (Å²) in [6, 6.07) is 7.00. The molecule has 4 heterocycles. The molecule has 0 amide bonds. The smallest absolute Gasteiger partial charge is 0.242 e. The molecule has 0 radical (unpaired) electrons. The van der Waals surface area contributed by atoms with Gasteiger partial charge in [-0.1, -0.05) is 6.07 Å². The van der Waals surface area contributed by atoms with Gasteiger partial charge in [0.25, 0.3) is 0 Å². The van der Waals surface area contributed by atoms with E-state index in [1.54, 1.807) is 11.3 Å². The Morgan fingerprint density at radius 3 is 2.83 bits per heavy atom.